The number of nitriles is 1. The molecule has 4 N–H and O–H groups in total. The number of anilines is 2. The molecule has 0 atom stereocenters. The number of hydrogen-bond donors (Lipinski definition) is 3. The Morgan fingerprint density at radius 2 is 1.57 bits per heavy atom. The topological polar surface area (TPSA) is 120 Å². The fourth-order valence-corrected chi connectivity index (χ4v) is 5.03. The lowest BCUT2D eigenvalue weighted by molar-refractivity contribution is 0.170. The van der Waals surface area contributed by atoms with E-state index in [1.54, 1.807) is 23.9 Å². The number of aromatic nitrogens is 2. The van der Waals surface area contributed by atoms with E-state index in [4.69, 9.17) is 20.0 Å². The summed E-state index contributed by atoms with van der Waals surface area (Å²) in [4.78, 5) is 13.1. The molecule has 2 fully saturated rings. The first-order chi connectivity index (χ1) is 20.7. The van der Waals surface area contributed by atoms with Crippen LogP contribution < -0.4 is 20.7 Å². The number of ether oxygens (including phenoxy) is 1. The molecule has 1 aromatic carbocycles. The van der Waals surface area contributed by atoms with Gasteiger partial charge in [0.15, 0.2) is 0 Å². The van der Waals surface area contributed by atoms with Gasteiger partial charge in [0.1, 0.15) is 17.7 Å². The molecule has 3 heterocycles. The van der Waals surface area contributed by atoms with Crippen LogP contribution in [0.15, 0.2) is 55.5 Å². The Morgan fingerprint density at radius 1 is 1.02 bits per heavy atom. The highest BCUT2D eigenvalue weighted by atomic mass is 32.2. The molecule has 0 amide bonds. The fourth-order valence-electron chi connectivity index (χ4n) is 3.98. The summed E-state index contributed by atoms with van der Waals surface area (Å²) in [6.45, 7) is 25.8. The Hall–Kier alpha value is -3.06. The molecule has 1 aliphatic carbocycles. The van der Waals surface area contributed by atoms with Crippen LogP contribution in [0.2, 0.25) is 0 Å². The lowest BCUT2D eigenvalue weighted by atomic mass is 10.1. The minimum Gasteiger partial charge on any atom is -0.490 e. The number of aliphatic hydroxyl groups is 1. The number of rotatable bonds is 6. The minimum atomic E-state index is -0.190. The number of nitrogens with one attached hydrogen (secondary N) is 1. The summed E-state index contributed by atoms with van der Waals surface area (Å²) in [6, 6.07) is 9.42. The molecule has 0 spiro atoms. The first-order valence-electron chi connectivity index (χ1n) is 15.1. The predicted octanol–water partition coefficient (Wildman–Crippen LogP) is 7.24. The Labute approximate surface area is 260 Å². The van der Waals surface area contributed by atoms with Crippen molar-refractivity contribution < 1.29 is 9.84 Å². The van der Waals surface area contributed by atoms with Gasteiger partial charge in [0, 0.05) is 38.1 Å². The highest BCUT2D eigenvalue weighted by molar-refractivity contribution is 7.99. The van der Waals surface area contributed by atoms with Crippen molar-refractivity contribution in [3.63, 3.8) is 0 Å². The monoisotopic (exact) mass is 600 g/mol. The summed E-state index contributed by atoms with van der Waals surface area (Å²) in [5.41, 5.74) is 6.07. The van der Waals surface area contributed by atoms with E-state index in [1.165, 1.54) is 7.05 Å². The zero-order chi connectivity index (χ0) is 32.6. The van der Waals surface area contributed by atoms with Gasteiger partial charge in [-0.05, 0) is 44.2 Å². The molecule has 2 aliphatic heterocycles. The molecule has 0 bridgehead atoms. The number of benzene rings is 1. The molecule has 8 nitrogen and oxygen atoms in total. The average molecular weight is 601 g/mol. The standard InChI is InChI=1S/C22H25N5O2S.3C2H6.2C2H4.CH5N/c23-13-15-1-3-16(4-2-15)29-17-5-10-27(11-6-17)21-24-18-7-12-30-19(18)20(25-21)26-22(14-28)8-9-22;6*1-2/h1-4,17,28H,5-12,14H2,(H,24,25,26);3*1-2H3;2*1-2H2;2H2,1H3. The summed E-state index contributed by atoms with van der Waals surface area (Å²) >= 11 is 1.81. The van der Waals surface area contributed by atoms with Gasteiger partial charge >= 0.3 is 0 Å². The van der Waals surface area contributed by atoms with E-state index in [1.807, 2.05) is 53.7 Å². The highest BCUT2D eigenvalue weighted by Gasteiger charge is 2.43. The van der Waals surface area contributed by atoms with Crippen LogP contribution in [0.5, 0.6) is 5.75 Å². The van der Waals surface area contributed by atoms with E-state index in [0.29, 0.717) is 5.56 Å². The number of thioether (sulfide) groups is 1. The summed E-state index contributed by atoms with van der Waals surface area (Å²) in [5.74, 6) is 3.52. The zero-order valence-electron chi connectivity index (χ0n) is 27.2. The van der Waals surface area contributed by atoms with Crippen molar-refractivity contribution in [3.8, 4) is 11.8 Å². The lowest BCUT2D eigenvalue weighted by Crippen LogP contribution is -2.39. The number of aliphatic hydroxyl groups excluding tert-OH is 1. The number of fused-ring (bicyclic) bond motifs is 1. The van der Waals surface area contributed by atoms with Crippen LogP contribution in [0.1, 0.15) is 78.5 Å². The van der Waals surface area contributed by atoms with E-state index >= 15 is 0 Å². The largest absolute Gasteiger partial charge is 0.490 e. The summed E-state index contributed by atoms with van der Waals surface area (Å²) in [7, 11) is 1.50. The Bertz CT molecular complexity index is 999. The molecule has 0 unspecified atom stereocenters. The quantitative estimate of drug-likeness (QED) is 0.295. The van der Waals surface area contributed by atoms with Gasteiger partial charge in [0.2, 0.25) is 5.95 Å². The van der Waals surface area contributed by atoms with Crippen molar-refractivity contribution in [1.29, 1.82) is 5.26 Å². The Kier molecular flexibility index (Phi) is 24.0. The van der Waals surface area contributed by atoms with Crippen LogP contribution >= 0.6 is 11.8 Å². The second kappa shape index (κ2) is 24.5. The molecule has 1 aromatic heterocycles. The maximum absolute atomic E-state index is 9.71. The van der Waals surface area contributed by atoms with Gasteiger partial charge in [0.25, 0.3) is 0 Å². The zero-order valence-corrected chi connectivity index (χ0v) is 28.0. The molecule has 5 rings (SSSR count). The van der Waals surface area contributed by atoms with Gasteiger partial charge in [-0.2, -0.15) is 10.2 Å². The maximum Gasteiger partial charge on any atom is 0.227 e. The molecule has 3 aliphatic rings. The second-order valence-corrected chi connectivity index (χ2v) is 9.36. The number of nitrogens with two attached hydrogens (primary N) is 1. The van der Waals surface area contributed by atoms with E-state index < -0.39 is 0 Å². The molecular weight excluding hydrogens is 544 g/mol. The van der Waals surface area contributed by atoms with E-state index in [0.717, 1.165) is 79.1 Å². The van der Waals surface area contributed by atoms with Crippen LogP contribution in [0.25, 0.3) is 0 Å². The smallest absolute Gasteiger partial charge is 0.227 e. The van der Waals surface area contributed by atoms with Crippen molar-refractivity contribution in [2.45, 2.75) is 90.2 Å². The summed E-state index contributed by atoms with van der Waals surface area (Å²) < 4.78 is 6.11. The van der Waals surface area contributed by atoms with Gasteiger partial charge in [0.05, 0.1) is 34.4 Å². The van der Waals surface area contributed by atoms with Crippen molar-refractivity contribution in [2.24, 2.45) is 5.73 Å². The minimum absolute atomic E-state index is 0.143. The molecule has 0 radical (unpaired) electrons. The van der Waals surface area contributed by atoms with E-state index in [2.05, 4.69) is 48.3 Å². The third kappa shape index (κ3) is 12.4. The summed E-state index contributed by atoms with van der Waals surface area (Å²) in [5, 5.41) is 22.1. The number of nitrogens with zero attached hydrogens (tertiary/aromatic N) is 4. The van der Waals surface area contributed by atoms with Crippen molar-refractivity contribution in [3.05, 3.63) is 61.8 Å². The van der Waals surface area contributed by atoms with Crippen LogP contribution in [0.3, 0.4) is 0 Å². The second-order valence-electron chi connectivity index (χ2n) is 8.25. The predicted molar refractivity (Wildman–Crippen MR) is 183 cm³/mol. The molecular formula is C33H56N6O2S. The van der Waals surface area contributed by atoms with Crippen molar-refractivity contribution in [1.82, 2.24) is 9.97 Å². The molecule has 42 heavy (non-hydrogen) atoms. The number of piperidine rings is 1. The van der Waals surface area contributed by atoms with E-state index in [-0.39, 0.29) is 18.2 Å². The molecule has 236 valence electrons. The first kappa shape index (κ1) is 41.1. The lowest BCUT2D eigenvalue weighted by Gasteiger charge is -2.32. The number of hydrogen-bond acceptors (Lipinski definition) is 9. The normalized spacial score (nSPS) is 14.9. The van der Waals surface area contributed by atoms with E-state index in [9.17, 15) is 5.11 Å². The van der Waals surface area contributed by atoms with Gasteiger partial charge in [-0.1, -0.05) is 41.5 Å². The van der Waals surface area contributed by atoms with Crippen LogP contribution in [0, 0.1) is 11.3 Å². The third-order valence-electron chi connectivity index (χ3n) is 6.06. The summed E-state index contributed by atoms with van der Waals surface area (Å²) in [6.07, 6.45) is 4.90. The van der Waals surface area contributed by atoms with Gasteiger partial charge in [-0.3, -0.25) is 0 Å². The van der Waals surface area contributed by atoms with Crippen LogP contribution in [0.4, 0.5) is 11.8 Å². The van der Waals surface area contributed by atoms with Crippen LogP contribution in [-0.4, -0.2) is 59.2 Å². The SMILES string of the molecule is C=C.C=C.CC.CC.CC.CN.N#Cc1ccc(OC2CCN(c3nc4c(c(NC5(CO)CC5)n3)SCC4)CC2)cc1. The maximum atomic E-state index is 9.71. The first-order valence-corrected chi connectivity index (χ1v) is 16.1. The van der Waals surface area contributed by atoms with Gasteiger partial charge in [-0.25, -0.2) is 4.98 Å². The Morgan fingerprint density at radius 3 is 2.05 bits per heavy atom. The average Bonchev–Trinajstić information content (AvgIpc) is 3.71. The fraction of sp³-hybridized carbons (Fsp3) is 0.545. The van der Waals surface area contributed by atoms with Gasteiger partial charge < -0.3 is 25.8 Å². The van der Waals surface area contributed by atoms with Crippen molar-refractivity contribution in [2.75, 3.05) is 42.7 Å². The number of aryl methyl sites for hydroxylation is 1. The Balaban J connectivity index is 0. The molecule has 9 heteroatoms. The molecule has 1 saturated heterocycles. The third-order valence-corrected chi connectivity index (χ3v) is 7.19. The molecule has 1 saturated carbocycles. The van der Waals surface area contributed by atoms with Gasteiger partial charge in [-0.15, -0.1) is 38.1 Å². The van der Waals surface area contributed by atoms with Crippen LogP contribution in [-0.2, 0) is 6.42 Å². The highest BCUT2D eigenvalue weighted by Crippen LogP contribution is 2.43. The van der Waals surface area contributed by atoms with Crippen molar-refractivity contribution >= 4 is 23.5 Å². The molecule has 2 aromatic rings.